The lowest BCUT2D eigenvalue weighted by molar-refractivity contribution is 0.377. The van der Waals surface area contributed by atoms with Crippen LogP contribution < -0.4 is 20.7 Å². The van der Waals surface area contributed by atoms with Crippen molar-refractivity contribution in [3.63, 3.8) is 0 Å². The normalized spacial score (nSPS) is 12.0. The van der Waals surface area contributed by atoms with E-state index in [0.717, 1.165) is 22.6 Å². The van der Waals surface area contributed by atoms with Gasteiger partial charge in [0.05, 0.1) is 25.8 Å². The van der Waals surface area contributed by atoms with E-state index in [4.69, 9.17) is 15.3 Å². The third-order valence-electron chi connectivity index (χ3n) is 3.30. The minimum Gasteiger partial charge on any atom is -0.496 e. The molecule has 0 aliphatic heterocycles. The Morgan fingerprint density at radius 1 is 1.00 bits per heavy atom. The van der Waals surface area contributed by atoms with Crippen molar-refractivity contribution in [3.05, 3.63) is 59.2 Å². The van der Waals surface area contributed by atoms with Crippen molar-refractivity contribution in [1.82, 2.24) is 5.43 Å². The largest absolute Gasteiger partial charge is 0.496 e. The molecule has 3 N–H and O–H groups in total. The second-order valence-electron chi connectivity index (χ2n) is 4.59. The molecule has 0 saturated carbocycles. The van der Waals surface area contributed by atoms with Crippen LogP contribution in [0.5, 0.6) is 11.5 Å². The van der Waals surface area contributed by atoms with Gasteiger partial charge in [-0.3, -0.25) is 5.84 Å². The molecule has 1 unspecified atom stereocenters. The molecule has 20 heavy (non-hydrogen) atoms. The Bertz CT molecular complexity index is 562. The molecule has 0 aliphatic carbocycles. The van der Waals surface area contributed by atoms with Crippen LogP contribution in [0.15, 0.2) is 42.5 Å². The Morgan fingerprint density at radius 3 is 2.10 bits per heavy atom. The number of nitrogens with one attached hydrogen (secondary N) is 1. The van der Waals surface area contributed by atoms with Gasteiger partial charge in [-0.05, 0) is 24.6 Å². The van der Waals surface area contributed by atoms with Crippen LogP contribution in [0.3, 0.4) is 0 Å². The van der Waals surface area contributed by atoms with E-state index in [1.807, 2.05) is 30.3 Å². The Morgan fingerprint density at radius 2 is 1.60 bits per heavy atom. The third kappa shape index (κ3) is 2.76. The molecule has 4 heteroatoms. The smallest absolute Gasteiger partial charge is 0.127 e. The maximum Gasteiger partial charge on any atom is 0.127 e. The number of hydrogen-bond donors (Lipinski definition) is 2. The molecule has 106 valence electrons. The van der Waals surface area contributed by atoms with Gasteiger partial charge in [0.15, 0.2) is 0 Å². The minimum absolute atomic E-state index is 0.194. The van der Waals surface area contributed by atoms with E-state index in [1.165, 1.54) is 5.56 Å². The quantitative estimate of drug-likeness (QED) is 0.649. The second-order valence-corrected chi connectivity index (χ2v) is 4.59. The molecule has 0 amide bonds. The highest BCUT2D eigenvalue weighted by Crippen LogP contribution is 2.37. The van der Waals surface area contributed by atoms with E-state index in [9.17, 15) is 0 Å². The molecular formula is C16H20N2O2. The number of aryl methyl sites for hydroxylation is 1. The molecule has 0 saturated heterocycles. The van der Waals surface area contributed by atoms with Crippen molar-refractivity contribution in [3.8, 4) is 11.5 Å². The number of methoxy groups -OCH3 is 2. The molecule has 0 radical (unpaired) electrons. The number of hydrazine groups is 1. The van der Waals surface area contributed by atoms with Gasteiger partial charge in [0.2, 0.25) is 0 Å². The van der Waals surface area contributed by atoms with Gasteiger partial charge in [-0.1, -0.05) is 35.9 Å². The number of hydrogen-bond acceptors (Lipinski definition) is 4. The lowest BCUT2D eigenvalue weighted by Crippen LogP contribution is -2.29. The van der Waals surface area contributed by atoms with Gasteiger partial charge in [-0.2, -0.15) is 0 Å². The molecule has 2 aromatic rings. The van der Waals surface area contributed by atoms with Crippen molar-refractivity contribution in [1.29, 1.82) is 0 Å². The van der Waals surface area contributed by atoms with Crippen LogP contribution in [0, 0.1) is 6.92 Å². The number of benzene rings is 2. The van der Waals surface area contributed by atoms with Crippen LogP contribution in [0.25, 0.3) is 0 Å². The topological polar surface area (TPSA) is 56.5 Å². The summed E-state index contributed by atoms with van der Waals surface area (Å²) < 4.78 is 10.9. The van der Waals surface area contributed by atoms with Gasteiger partial charge >= 0.3 is 0 Å². The first-order valence-corrected chi connectivity index (χ1v) is 6.44. The van der Waals surface area contributed by atoms with Crippen molar-refractivity contribution < 1.29 is 9.47 Å². The predicted molar refractivity (Wildman–Crippen MR) is 79.9 cm³/mol. The second kappa shape index (κ2) is 6.41. The molecule has 0 fully saturated rings. The van der Waals surface area contributed by atoms with Crippen LogP contribution in [0.1, 0.15) is 22.7 Å². The number of rotatable bonds is 5. The van der Waals surface area contributed by atoms with E-state index < -0.39 is 0 Å². The average Bonchev–Trinajstić information content (AvgIpc) is 2.48. The fourth-order valence-electron chi connectivity index (χ4n) is 2.36. The SMILES string of the molecule is COc1cccc(OC)c1C(NN)c1cccc(C)c1. The molecule has 2 rings (SSSR count). The monoisotopic (exact) mass is 272 g/mol. The molecule has 1 atom stereocenters. The van der Waals surface area contributed by atoms with Gasteiger partial charge in [0.25, 0.3) is 0 Å². The molecule has 0 heterocycles. The van der Waals surface area contributed by atoms with Crippen molar-refractivity contribution >= 4 is 0 Å². The van der Waals surface area contributed by atoms with Crippen LogP contribution in [0.4, 0.5) is 0 Å². The van der Waals surface area contributed by atoms with Gasteiger partial charge in [-0.25, -0.2) is 5.43 Å². The number of nitrogens with two attached hydrogens (primary N) is 1. The summed E-state index contributed by atoms with van der Waals surface area (Å²) >= 11 is 0. The molecule has 0 bridgehead atoms. The maximum atomic E-state index is 5.77. The summed E-state index contributed by atoms with van der Waals surface area (Å²) in [6.07, 6.45) is 0. The van der Waals surface area contributed by atoms with Crippen LogP contribution in [0.2, 0.25) is 0 Å². The molecule has 0 aromatic heterocycles. The van der Waals surface area contributed by atoms with E-state index in [1.54, 1.807) is 14.2 Å². The molecule has 2 aromatic carbocycles. The highest BCUT2D eigenvalue weighted by Gasteiger charge is 2.21. The Labute approximate surface area is 119 Å². The lowest BCUT2D eigenvalue weighted by Gasteiger charge is -2.22. The Hall–Kier alpha value is -2.04. The summed E-state index contributed by atoms with van der Waals surface area (Å²) in [4.78, 5) is 0. The highest BCUT2D eigenvalue weighted by molar-refractivity contribution is 5.50. The standard InChI is InChI=1S/C16H20N2O2/c1-11-6-4-7-12(10-11)16(18-17)15-13(19-2)8-5-9-14(15)20-3/h4-10,16,18H,17H2,1-3H3. The summed E-state index contributed by atoms with van der Waals surface area (Å²) in [5.74, 6) is 7.26. The summed E-state index contributed by atoms with van der Waals surface area (Å²) in [7, 11) is 3.28. The lowest BCUT2D eigenvalue weighted by atomic mass is 9.96. The molecule has 0 spiro atoms. The van der Waals surface area contributed by atoms with Crippen molar-refractivity contribution in [2.45, 2.75) is 13.0 Å². The van der Waals surface area contributed by atoms with E-state index in [-0.39, 0.29) is 6.04 Å². The fraction of sp³-hybridized carbons (Fsp3) is 0.250. The van der Waals surface area contributed by atoms with Gasteiger partial charge in [0, 0.05) is 0 Å². The van der Waals surface area contributed by atoms with Crippen LogP contribution in [-0.2, 0) is 0 Å². The van der Waals surface area contributed by atoms with Gasteiger partial charge in [-0.15, -0.1) is 0 Å². The van der Waals surface area contributed by atoms with Gasteiger partial charge in [0.1, 0.15) is 11.5 Å². The maximum absolute atomic E-state index is 5.77. The van der Waals surface area contributed by atoms with Crippen molar-refractivity contribution in [2.24, 2.45) is 5.84 Å². The summed E-state index contributed by atoms with van der Waals surface area (Å²) in [6.45, 7) is 2.05. The van der Waals surface area contributed by atoms with Gasteiger partial charge < -0.3 is 9.47 Å². The first kappa shape index (κ1) is 14.4. The van der Waals surface area contributed by atoms with Crippen LogP contribution >= 0.6 is 0 Å². The summed E-state index contributed by atoms with van der Waals surface area (Å²) in [6, 6.07) is 13.7. The first-order chi connectivity index (χ1) is 9.71. The summed E-state index contributed by atoms with van der Waals surface area (Å²) in [5.41, 5.74) is 5.99. The zero-order valence-corrected chi connectivity index (χ0v) is 12.0. The number of ether oxygens (including phenoxy) is 2. The Balaban J connectivity index is 2.57. The molecule has 4 nitrogen and oxygen atoms in total. The fourth-order valence-corrected chi connectivity index (χ4v) is 2.36. The molecular weight excluding hydrogens is 252 g/mol. The average molecular weight is 272 g/mol. The zero-order chi connectivity index (χ0) is 14.5. The highest BCUT2D eigenvalue weighted by atomic mass is 16.5. The Kier molecular flexibility index (Phi) is 4.61. The van der Waals surface area contributed by atoms with Crippen LogP contribution in [-0.4, -0.2) is 14.2 Å². The van der Waals surface area contributed by atoms with Crippen molar-refractivity contribution in [2.75, 3.05) is 14.2 Å². The summed E-state index contributed by atoms with van der Waals surface area (Å²) in [5, 5.41) is 0. The van der Waals surface area contributed by atoms with E-state index in [2.05, 4.69) is 24.5 Å². The minimum atomic E-state index is -0.194. The molecule has 0 aliphatic rings. The van der Waals surface area contributed by atoms with E-state index >= 15 is 0 Å². The van der Waals surface area contributed by atoms with E-state index in [0.29, 0.717) is 0 Å². The zero-order valence-electron chi connectivity index (χ0n) is 12.0. The first-order valence-electron chi connectivity index (χ1n) is 6.44. The predicted octanol–water partition coefficient (Wildman–Crippen LogP) is 2.56. The third-order valence-corrected chi connectivity index (χ3v) is 3.30.